The van der Waals surface area contributed by atoms with E-state index in [9.17, 15) is 19.1 Å². The predicted octanol–water partition coefficient (Wildman–Crippen LogP) is 6.48. The SMILES string of the molecule is Cc1nc(Nc2ccc(F)cc2)nc(N2CCc3ccc(OC(=O)C(CO)NC(=O)OC(C)(C)C)cc3C2C)c1C.c1ccc2c(c1)C2. The van der Waals surface area contributed by atoms with Crippen LogP contribution < -0.4 is 20.3 Å². The minimum atomic E-state index is -1.28. The fraction of sp³-hybridized carbons (Fsp3) is 0.351. The zero-order valence-electron chi connectivity index (χ0n) is 28.1. The molecule has 0 saturated carbocycles. The first-order valence-corrected chi connectivity index (χ1v) is 16.0. The molecule has 0 radical (unpaired) electrons. The van der Waals surface area contributed by atoms with Crippen LogP contribution in [0.4, 0.5) is 26.6 Å². The van der Waals surface area contributed by atoms with E-state index in [0.29, 0.717) is 23.9 Å². The number of fused-ring (bicyclic) bond motifs is 2. The summed E-state index contributed by atoms with van der Waals surface area (Å²) in [6.45, 7) is 11.1. The van der Waals surface area contributed by atoms with Crippen molar-refractivity contribution in [3.8, 4) is 5.75 Å². The van der Waals surface area contributed by atoms with Gasteiger partial charge in [-0.1, -0.05) is 30.3 Å². The van der Waals surface area contributed by atoms with Crippen molar-refractivity contribution in [3.05, 3.63) is 106 Å². The molecule has 2 unspecified atom stereocenters. The maximum Gasteiger partial charge on any atom is 0.408 e. The van der Waals surface area contributed by atoms with E-state index in [2.05, 4.69) is 44.8 Å². The number of carbonyl (C=O) groups excluding carboxylic acids is 2. The first-order valence-electron chi connectivity index (χ1n) is 16.0. The fourth-order valence-electron chi connectivity index (χ4n) is 5.41. The molecule has 3 aromatic carbocycles. The van der Waals surface area contributed by atoms with E-state index in [1.54, 1.807) is 45.0 Å². The summed E-state index contributed by atoms with van der Waals surface area (Å²) < 4.78 is 24.1. The number of carbonyl (C=O) groups is 2. The van der Waals surface area contributed by atoms with Crippen LogP contribution in [0.25, 0.3) is 0 Å². The second-order valence-corrected chi connectivity index (χ2v) is 12.9. The molecule has 1 aliphatic heterocycles. The molecular weight excluding hydrogens is 613 g/mol. The quantitative estimate of drug-likeness (QED) is 0.133. The molecule has 0 spiro atoms. The Morgan fingerprint density at radius 1 is 1.02 bits per heavy atom. The monoisotopic (exact) mass is 655 g/mol. The number of rotatable bonds is 7. The molecule has 0 fully saturated rings. The number of nitrogens with one attached hydrogen (secondary N) is 2. The molecule has 3 N–H and O–H groups in total. The highest BCUT2D eigenvalue weighted by Crippen LogP contribution is 2.37. The lowest BCUT2D eigenvalue weighted by atomic mass is 9.93. The molecule has 10 nitrogen and oxygen atoms in total. The van der Waals surface area contributed by atoms with Gasteiger partial charge in [-0.3, -0.25) is 0 Å². The zero-order chi connectivity index (χ0) is 34.6. The summed E-state index contributed by atoms with van der Waals surface area (Å²) in [7, 11) is 0. The summed E-state index contributed by atoms with van der Waals surface area (Å²) in [5.41, 5.74) is 6.81. The number of hydrogen-bond acceptors (Lipinski definition) is 9. The summed E-state index contributed by atoms with van der Waals surface area (Å²) in [6.07, 6.45) is 1.16. The number of nitrogens with zero attached hydrogens (tertiary/aromatic N) is 3. The molecule has 11 heteroatoms. The van der Waals surface area contributed by atoms with Crippen molar-refractivity contribution in [2.75, 3.05) is 23.4 Å². The molecule has 6 rings (SSSR count). The molecule has 2 heterocycles. The number of alkyl carbamates (subject to hydrolysis) is 1. The third kappa shape index (κ3) is 8.65. The lowest BCUT2D eigenvalue weighted by molar-refractivity contribution is -0.137. The maximum atomic E-state index is 13.3. The third-order valence-corrected chi connectivity index (χ3v) is 8.14. The maximum absolute atomic E-state index is 13.3. The number of ether oxygens (including phenoxy) is 2. The van der Waals surface area contributed by atoms with Gasteiger partial charge in [-0.15, -0.1) is 0 Å². The van der Waals surface area contributed by atoms with E-state index in [4.69, 9.17) is 14.5 Å². The van der Waals surface area contributed by atoms with Crippen molar-refractivity contribution >= 4 is 29.5 Å². The standard InChI is InChI=1S/C30H36FN5O5.C7H6/c1-17-18(2)32-28(33-22-10-8-21(31)9-11-22)35-26(17)36-14-13-20-7-12-23(15-24(20)19(36)3)40-27(38)25(16-37)34-29(39)41-30(4,5)6;1-2-4-7-5-6(7)3-1/h7-12,15,19,25,37H,13-14,16H2,1-6H3,(H,34,39)(H,32,33,35);1-4H,5H2. The Morgan fingerprint density at radius 3 is 2.33 bits per heavy atom. The average Bonchev–Trinajstić information content (AvgIpc) is 3.83. The predicted molar refractivity (Wildman–Crippen MR) is 182 cm³/mol. The molecule has 1 amide bonds. The van der Waals surface area contributed by atoms with E-state index in [0.717, 1.165) is 34.6 Å². The molecule has 4 aromatic rings. The van der Waals surface area contributed by atoms with Crippen LogP contribution in [0.5, 0.6) is 5.75 Å². The lowest BCUT2D eigenvalue weighted by Crippen LogP contribution is -2.47. The molecule has 2 aliphatic rings. The fourth-order valence-corrected chi connectivity index (χ4v) is 5.41. The van der Waals surface area contributed by atoms with Crippen LogP contribution >= 0.6 is 0 Å². The van der Waals surface area contributed by atoms with Gasteiger partial charge in [0.05, 0.1) is 12.6 Å². The number of benzene rings is 3. The number of aromatic nitrogens is 2. The van der Waals surface area contributed by atoms with Crippen LogP contribution in [0.15, 0.2) is 66.7 Å². The van der Waals surface area contributed by atoms with E-state index >= 15 is 0 Å². The number of amides is 1. The second kappa shape index (κ2) is 14.4. The van der Waals surface area contributed by atoms with Crippen LogP contribution in [0, 0.1) is 19.7 Å². The Morgan fingerprint density at radius 2 is 1.71 bits per heavy atom. The van der Waals surface area contributed by atoms with Crippen LogP contribution in [-0.2, 0) is 22.4 Å². The van der Waals surface area contributed by atoms with Crippen molar-refractivity contribution in [1.29, 1.82) is 0 Å². The van der Waals surface area contributed by atoms with Gasteiger partial charge in [-0.2, -0.15) is 4.98 Å². The van der Waals surface area contributed by atoms with Gasteiger partial charge in [0.2, 0.25) is 5.95 Å². The van der Waals surface area contributed by atoms with Gasteiger partial charge in [-0.25, -0.2) is 19.0 Å². The van der Waals surface area contributed by atoms with Gasteiger partial charge >= 0.3 is 12.1 Å². The van der Waals surface area contributed by atoms with E-state index in [1.807, 2.05) is 26.8 Å². The highest BCUT2D eigenvalue weighted by Gasteiger charge is 2.29. The minimum Gasteiger partial charge on any atom is -0.444 e. The number of anilines is 3. The van der Waals surface area contributed by atoms with Gasteiger partial charge < -0.3 is 30.1 Å². The molecule has 0 bridgehead atoms. The van der Waals surface area contributed by atoms with Crippen molar-refractivity contribution < 1.29 is 28.6 Å². The van der Waals surface area contributed by atoms with Gasteiger partial charge in [0.15, 0.2) is 6.04 Å². The van der Waals surface area contributed by atoms with Gasteiger partial charge in [-0.05, 0) is 113 Å². The summed E-state index contributed by atoms with van der Waals surface area (Å²) in [6, 6.07) is 18.5. The Bertz CT molecular complexity index is 1770. The van der Waals surface area contributed by atoms with Crippen molar-refractivity contribution in [1.82, 2.24) is 15.3 Å². The van der Waals surface area contributed by atoms with Crippen LogP contribution in [0.1, 0.15) is 67.2 Å². The molecule has 0 saturated heterocycles. The topological polar surface area (TPSA) is 126 Å². The highest BCUT2D eigenvalue weighted by atomic mass is 19.1. The normalized spacial score (nSPS) is 15.2. The Labute approximate surface area is 280 Å². The first-order chi connectivity index (χ1) is 22.8. The minimum absolute atomic E-state index is 0.113. The molecule has 1 aromatic heterocycles. The van der Waals surface area contributed by atoms with Crippen molar-refractivity contribution in [3.63, 3.8) is 0 Å². The number of aryl methyl sites for hydroxylation is 1. The van der Waals surface area contributed by atoms with Gasteiger partial charge in [0.1, 0.15) is 23.0 Å². The second-order valence-electron chi connectivity index (χ2n) is 12.9. The number of aliphatic hydroxyl groups is 1. The van der Waals surface area contributed by atoms with Gasteiger partial charge in [0.25, 0.3) is 0 Å². The third-order valence-electron chi connectivity index (χ3n) is 8.14. The lowest BCUT2D eigenvalue weighted by Gasteiger charge is -2.37. The first kappa shape index (κ1) is 34.3. The van der Waals surface area contributed by atoms with Crippen LogP contribution in [0.3, 0.4) is 0 Å². The number of aliphatic hydroxyl groups excluding tert-OH is 1. The average molecular weight is 656 g/mol. The van der Waals surface area contributed by atoms with E-state index in [1.165, 1.54) is 29.7 Å². The van der Waals surface area contributed by atoms with Gasteiger partial charge in [0, 0.05) is 23.5 Å². The van der Waals surface area contributed by atoms with E-state index in [-0.39, 0.29) is 11.9 Å². The Hall–Kier alpha value is -5.03. The Kier molecular flexibility index (Phi) is 10.3. The summed E-state index contributed by atoms with van der Waals surface area (Å²) in [4.78, 5) is 36.4. The molecule has 2 atom stereocenters. The molecule has 48 heavy (non-hydrogen) atoms. The smallest absolute Gasteiger partial charge is 0.408 e. The van der Waals surface area contributed by atoms with Crippen LogP contribution in [-0.4, -0.2) is 51.9 Å². The number of esters is 1. The Balaban J connectivity index is 0.000000562. The summed E-state index contributed by atoms with van der Waals surface area (Å²) in [5.74, 6) is 0.334. The molecular formula is C37H42FN5O5. The van der Waals surface area contributed by atoms with Crippen LogP contribution in [0.2, 0.25) is 0 Å². The summed E-state index contributed by atoms with van der Waals surface area (Å²) >= 11 is 0. The van der Waals surface area contributed by atoms with Crippen molar-refractivity contribution in [2.45, 2.75) is 72.1 Å². The van der Waals surface area contributed by atoms with E-state index < -0.39 is 30.3 Å². The number of hydrogen-bond donors (Lipinski definition) is 3. The zero-order valence-corrected chi connectivity index (χ0v) is 28.1. The van der Waals surface area contributed by atoms with Crippen molar-refractivity contribution in [2.24, 2.45) is 0 Å². The highest BCUT2D eigenvalue weighted by molar-refractivity contribution is 5.83. The molecule has 1 aliphatic carbocycles. The largest absolute Gasteiger partial charge is 0.444 e. The number of halogens is 1. The summed E-state index contributed by atoms with van der Waals surface area (Å²) in [5, 5.41) is 15.2. The molecule has 252 valence electrons.